The van der Waals surface area contributed by atoms with E-state index in [-0.39, 0.29) is 5.41 Å². The molecule has 0 radical (unpaired) electrons. The Labute approximate surface area is 66.0 Å². The molecule has 0 bridgehead atoms. The summed E-state index contributed by atoms with van der Waals surface area (Å²) in [6, 6.07) is 0. The van der Waals surface area contributed by atoms with Crippen molar-refractivity contribution in [2.24, 2.45) is 5.41 Å². The Morgan fingerprint density at radius 2 is 1.56 bits per heavy atom. The van der Waals surface area contributed by atoms with E-state index < -0.39 is 10.9 Å². The summed E-state index contributed by atoms with van der Waals surface area (Å²) in [4.78, 5) is -0.690. The van der Waals surface area contributed by atoms with Gasteiger partial charge in [0.2, 0.25) is 0 Å². The number of alkyl halides is 2. The van der Waals surface area contributed by atoms with Crippen LogP contribution in [0.4, 0.5) is 0 Å². The minimum Gasteiger partial charge on any atom is -0.390 e. The molecule has 1 N–H and O–H groups in total. The van der Waals surface area contributed by atoms with Gasteiger partial charge in [-0.25, -0.2) is 0 Å². The number of halogens is 2. The lowest BCUT2D eigenvalue weighted by molar-refractivity contribution is 0.0750. The molecule has 0 aromatic heterocycles. The van der Waals surface area contributed by atoms with Crippen molar-refractivity contribution in [3.8, 4) is 0 Å². The van der Waals surface area contributed by atoms with Crippen LogP contribution < -0.4 is 0 Å². The molecule has 0 spiro atoms. The minimum atomic E-state index is -0.690. The SMILES string of the molecule is CC(C)(C)[C@H](O)C(Cl)Cl. The zero-order chi connectivity index (χ0) is 7.65. The maximum absolute atomic E-state index is 9.20. The highest BCUT2D eigenvalue weighted by molar-refractivity contribution is 6.44. The van der Waals surface area contributed by atoms with Gasteiger partial charge in [0.05, 0.1) is 6.10 Å². The van der Waals surface area contributed by atoms with Crippen molar-refractivity contribution >= 4 is 23.2 Å². The molecule has 0 unspecified atom stereocenters. The maximum Gasteiger partial charge on any atom is 0.134 e. The Kier molecular flexibility index (Phi) is 3.27. The van der Waals surface area contributed by atoms with Crippen LogP contribution in [-0.4, -0.2) is 16.0 Å². The van der Waals surface area contributed by atoms with Gasteiger partial charge in [-0.3, -0.25) is 0 Å². The molecular weight excluding hydrogens is 159 g/mol. The van der Waals surface area contributed by atoms with Gasteiger partial charge in [-0.1, -0.05) is 20.8 Å². The Bertz CT molecular complexity index is 85.5. The summed E-state index contributed by atoms with van der Waals surface area (Å²) in [5.74, 6) is 0. The van der Waals surface area contributed by atoms with Crippen molar-refractivity contribution in [1.29, 1.82) is 0 Å². The third kappa shape index (κ3) is 3.29. The van der Waals surface area contributed by atoms with Crippen molar-refractivity contribution in [2.75, 3.05) is 0 Å². The summed E-state index contributed by atoms with van der Waals surface area (Å²) in [5, 5.41) is 9.20. The Morgan fingerprint density at radius 1 is 1.22 bits per heavy atom. The van der Waals surface area contributed by atoms with E-state index in [2.05, 4.69) is 0 Å². The number of aliphatic hydroxyl groups is 1. The highest BCUT2D eigenvalue weighted by atomic mass is 35.5. The van der Waals surface area contributed by atoms with Crippen LogP contribution in [0.2, 0.25) is 0 Å². The van der Waals surface area contributed by atoms with Crippen LogP contribution in [0.5, 0.6) is 0 Å². The average molecular weight is 171 g/mol. The fraction of sp³-hybridized carbons (Fsp3) is 1.00. The monoisotopic (exact) mass is 170 g/mol. The second-order valence-electron chi connectivity index (χ2n) is 3.15. The van der Waals surface area contributed by atoms with Gasteiger partial charge >= 0.3 is 0 Å². The molecule has 0 aromatic carbocycles. The lowest BCUT2D eigenvalue weighted by Gasteiger charge is -2.26. The molecule has 0 heterocycles. The van der Waals surface area contributed by atoms with Crippen molar-refractivity contribution in [3.63, 3.8) is 0 Å². The van der Waals surface area contributed by atoms with Gasteiger partial charge in [-0.05, 0) is 5.41 Å². The molecule has 56 valence electrons. The molecule has 1 atom stereocenters. The topological polar surface area (TPSA) is 20.2 Å². The van der Waals surface area contributed by atoms with Crippen LogP contribution in [-0.2, 0) is 0 Å². The predicted octanol–water partition coefficient (Wildman–Crippen LogP) is 2.20. The molecule has 0 aliphatic heterocycles. The standard InChI is InChI=1S/C6H12Cl2O/c1-6(2,3)4(9)5(7)8/h4-5,9H,1-3H3/t4-/m1/s1. The van der Waals surface area contributed by atoms with E-state index in [4.69, 9.17) is 23.2 Å². The van der Waals surface area contributed by atoms with Crippen LogP contribution in [0, 0.1) is 5.41 Å². The maximum atomic E-state index is 9.20. The second-order valence-corrected chi connectivity index (χ2v) is 4.31. The molecule has 0 aliphatic rings. The Hall–Kier alpha value is 0.540. The zero-order valence-corrected chi connectivity index (χ0v) is 7.37. The second kappa shape index (κ2) is 3.09. The summed E-state index contributed by atoms with van der Waals surface area (Å²) < 4.78 is 0. The number of hydrogen-bond acceptors (Lipinski definition) is 1. The van der Waals surface area contributed by atoms with Crippen LogP contribution in [0.3, 0.4) is 0 Å². The average Bonchev–Trinajstić information content (AvgIpc) is 1.62. The lowest BCUT2D eigenvalue weighted by atomic mass is 9.90. The highest BCUT2D eigenvalue weighted by Crippen LogP contribution is 2.26. The fourth-order valence-corrected chi connectivity index (χ4v) is 1.13. The zero-order valence-electron chi connectivity index (χ0n) is 5.86. The number of aliphatic hydroxyl groups excluding tert-OH is 1. The summed E-state index contributed by atoms with van der Waals surface area (Å²) >= 11 is 10.9. The molecule has 0 aliphatic carbocycles. The van der Waals surface area contributed by atoms with Gasteiger partial charge in [0.1, 0.15) is 4.84 Å². The van der Waals surface area contributed by atoms with Crippen LogP contribution in [0.25, 0.3) is 0 Å². The fourth-order valence-electron chi connectivity index (χ4n) is 0.378. The van der Waals surface area contributed by atoms with Crippen molar-refractivity contribution in [3.05, 3.63) is 0 Å². The first-order chi connectivity index (χ1) is 3.85. The largest absolute Gasteiger partial charge is 0.390 e. The van der Waals surface area contributed by atoms with E-state index in [1.807, 2.05) is 20.8 Å². The minimum absolute atomic E-state index is 0.228. The van der Waals surface area contributed by atoms with Gasteiger partial charge in [-0.2, -0.15) is 0 Å². The van der Waals surface area contributed by atoms with Crippen LogP contribution in [0.1, 0.15) is 20.8 Å². The van der Waals surface area contributed by atoms with Gasteiger partial charge in [0.15, 0.2) is 0 Å². The number of hydrogen-bond donors (Lipinski definition) is 1. The first-order valence-electron chi connectivity index (χ1n) is 2.82. The van der Waals surface area contributed by atoms with Gasteiger partial charge < -0.3 is 5.11 Å². The van der Waals surface area contributed by atoms with Crippen LogP contribution >= 0.6 is 23.2 Å². The Balaban J connectivity index is 3.88. The predicted molar refractivity (Wildman–Crippen MR) is 41.0 cm³/mol. The quantitative estimate of drug-likeness (QED) is 0.599. The van der Waals surface area contributed by atoms with Gasteiger partial charge in [0.25, 0.3) is 0 Å². The summed E-state index contributed by atoms with van der Waals surface area (Å²) in [6.07, 6.45) is -0.652. The molecular formula is C6H12Cl2O. The first kappa shape index (κ1) is 9.54. The molecule has 0 amide bonds. The first-order valence-corrected chi connectivity index (χ1v) is 3.69. The third-order valence-electron chi connectivity index (χ3n) is 1.13. The van der Waals surface area contributed by atoms with Crippen molar-refractivity contribution in [1.82, 2.24) is 0 Å². The summed E-state index contributed by atoms with van der Waals surface area (Å²) in [5.41, 5.74) is -0.228. The lowest BCUT2D eigenvalue weighted by Crippen LogP contribution is -2.31. The molecule has 0 fully saturated rings. The van der Waals surface area contributed by atoms with E-state index in [1.165, 1.54) is 0 Å². The van der Waals surface area contributed by atoms with Crippen molar-refractivity contribution in [2.45, 2.75) is 31.7 Å². The Morgan fingerprint density at radius 3 is 1.56 bits per heavy atom. The molecule has 1 nitrogen and oxygen atoms in total. The molecule has 3 heteroatoms. The third-order valence-corrected chi connectivity index (χ3v) is 1.60. The van der Waals surface area contributed by atoms with E-state index in [9.17, 15) is 5.11 Å². The summed E-state index contributed by atoms with van der Waals surface area (Å²) in [7, 11) is 0. The molecule has 0 saturated heterocycles. The van der Waals surface area contributed by atoms with E-state index in [0.29, 0.717) is 0 Å². The molecule has 0 aromatic rings. The van der Waals surface area contributed by atoms with Crippen LogP contribution in [0.15, 0.2) is 0 Å². The normalized spacial score (nSPS) is 16.3. The van der Waals surface area contributed by atoms with E-state index >= 15 is 0 Å². The van der Waals surface area contributed by atoms with Gasteiger partial charge in [0, 0.05) is 0 Å². The molecule has 0 rings (SSSR count). The van der Waals surface area contributed by atoms with Crippen molar-refractivity contribution < 1.29 is 5.11 Å². The smallest absolute Gasteiger partial charge is 0.134 e. The highest BCUT2D eigenvalue weighted by Gasteiger charge is 2.27. The molecule has 0 saturated carbocycles. The van der Waals surface area contributed by atoms with E-state index in [1.54, 1.807) is 0 Å². The molecule has 9 heavy (non-hydrogen) atoms. The summed E-state index contributed by atoms with van der Waals surface area (Å²) in [6.45, 7) is 5.65. The van der Waals surface area contributed by atoms with E-state index in [0.717, 1.165) is 0 Å². The van der Waals surface area contributed by atoms with Gasteiger partial charge in [-0.15, -0.1) is 23.2 Å². The number of rotatable bonds is 1.